The van der Waals surface area contributed by atoms with Crippen molar-refractivity contribution in [3.05, 3.63) is 35.4 Å². The van der Waals surface area contributed by atoms with Gasteiger partial charge in [0.15, 0.2) is 0 Å². The van der Waals surface area contributed by atoms with Crippen molar-refractivity contribution < 1.29 is 9.59 Å². The van der Waals surface area contributed by atoms with Crippen molar-refractivity contribution in [3.63, 3.8) is 0 Å². The Morgan fingerprint density at radius 1 is 1.17 bits per heavy atom. The predicted octanol–water partition coefficient (Wildman–Crippen LogP) is 2.96. The van der Waals surface area contributed by atoms with Crippen LogP contribution in [0.5, 0.6) is 0 Å². The summed E-state index contributed by atoms with van der Waals surface area (Å²) in [5.41, 5.74) is 4.63. The Morgan fingerprint density at radius 2 is 1.83 bits per heavy atom. The molecule has 1 saturated carbocycles. The monoisotopic (exact) mass is 329 g/mol. The van der Waals surface area contributed by atoms with E-state index in [2.05, 4.69) is 41.8 Å². The molecule has 2 amide bonds. The minimum Gasteiger partial charge on any atom is -0.347 e. The number of hydrazone groups is 1. The smallest absolute Gasteiger partial charge is 0.259 e. The number of hydrogen-bond donors (Lipinski definition) is 2. The third-order valence-electron chi connectivity index (χ3n) is 4.41. The molecule has 1 aliphatic rings. The molecule has 2 rings (SSSR count). The second kappa shape index (κ2) is 9.21. The molecule has 1 aliphatic carbocycles. The summed E-state index contributed by atoms with van der Waals surface area (Å²) in [4.78, 5) is 23.7. The van der Waals surface area contributed by atoms with Gasteiger partial charge in [0, 0.05) is 5.92 Å². The van der Waals surface area contributed by atoms with Crippen molar-refractivity contribution >= 4 is 18.0 Å². The summed E-state index contributed by atoms with van der Waals surface area (Å²) in [5.74, 6) is 0.227. The minimum atomic E-state index is -0.311. The van der Waals surface area contributed by atoms with E-state index in [4.69, 9.17) is 0 Å². The van der Waals surface area contributed by atoms with Gasteiger partial charge in [-0.05, 0) is 29.9 Å². The quantitative estimate of drug-likeness (QED) is 0.622. The second-order valence-corrected chi connectivity index (χ2v) is 6.67. The highest BCUT2D eigenvalue weighted by atomic mass is 16.2. The van der Waals surface area contributed by atoms with Crippen molar-refractivity contribution in [1.82, 2.24) is 10.7 Å². The summed E-state index contributed by atoms with van der Waals surface area (Å²) in [6, 6.07) is 8.04. The van der Waals surface area contributed by atoms with E-state index in [-0.39, 0.29) is 24.3 Å². The summed E-state index contributed by atoms with van der Waals surface area (Å²) in [5, 5.41) is 6.63. The highest BCUT2D eigenvalue weighted by Crippen LogP contribution is 2.23. The predicted molar refractivity (Wildman–Crippen MR) is 95.9 cm³/mol. The zero-order chi connectivity index (χ0) is 17.4. The molecule has 130 valence electrons. The van der Waals surface area contributed by atoms with Gasteiger partial charge in [-0.2, -0.15) is 5.10 Å². The molecule has 0 spiro atoms. The van der Waals surface area contributed by atoms with Crippen molar-refractivity contribution in [2.45, 2.75) is 51.9 Å². The fourth-order valence-electron chi connectivity index (χ4n) is 2.86. The first-order valence-corrected chi connectivity index (χ1v) is 8.76. The van der Waals surface area contributed by atoms with E-state index < -0.39 is 0 Å². The Morgan fingerprint density at radius 3 is 2.46 bits per heavy atom. The lowest BCUT2D eigenvalue weighted by Gasteiger charge is -2.20. The third-order valence-corrected chi connectivity index (χ3v) is 4.41. The number of benzene rings is 1. The third kappa shape index (κ3) is 5.80. The van der Waals surface area contributed by atoms with Crippen LogP contribution >= 0.6 is 0 Å². The van der Waals surface area contributed by atoms with Crippen LogP contribution in [0.15, 0.2) is 29.4 Å². The van der Waals surface area contributed by atoms with Gasteiger partial charge in [0.05, 0.1) is 12.8 Å². The molecule has 0 saturated heterocycles. The van der Waals surface area contributed by atoms with Gasteiger partial charge in [0.1, 0.15) is 0 Å². The maximum absolute atomic E-state index is 12.0. The molecule has 1 aromatic carbocycles. The topological polar surface area (TPSA) is 70.6 Å². The van der Waals surface area contributed by atoms with Crippen LogP contribution in [0.1, 0.15) is 63.0 Å². The molecule has 2 N–H and O–H groups in total. The summed E-state index contributed by atoms with van der Waals surface area (Å²) in [6.07, 6.45) is 6.87. The van der Waals surface area contributed by atoms with E-state index in [9.17, 15) is 9.59 Å². The number of nitrogens with one attached hydrogen (secondary N) is 2. The Hall–Kier alpha value is -2.17. The van der Waals surface area contributed by atoms with Crippen LogP contribution in [0.3, 0.4) is 0 Å². The first-order valence-electron chi connectivity index (χ1n) is 8.76. The highest BCUT2D eigenvalue weighted by Gasteiger charge is 2.21. The van der Waals surface area contributed by atoms with Gasteiger partial charge in [-0.3, -0.25) is 9.59 Å². The fraction of sp³-hybridized carbons (Fsp3) is 0.526. The van der Waals surface area contributed by atoms with E-state index >= 15 is 0 Å². The van der Waals surface area contributed by atoms with E-state index in [0.29, 0.717) is 5.92 Å². The Balaban J connectivity index is 1.71. The minimum absolute atomic E-state index is 0.0156. The van der Waals surface area contributed by atoms with Gasteiger partial charge in [-0.25, -0.2) is 5.43 Å². The molecular formula is C19H27N3O2. The van der Waals surface area contributed by atoms with E-state index in [1.807, 2.05) is 12.1 Å². The first kappa shape index (κ1) is 18.2. The maximum Gasteiger partial charge on any atom is 0.259 e. The van der Waals surface area contributed by atoms with Crippen LogP contribution < -0.4 is 10.7 Å². The number of nitrogens with zero attached hydrogens (tertiary/aromatic N) is 1. The molecule has 0 aromatic heterocycles. The molecule has 24 heavy (non-hydrogen) atoms. The van der Waals surface area contributed by atoms with Crippen molar-refractivity contribution in [2.24, 2.45) is 11.0 Å². The van der Waals surface area contributed by atoms with Crippen LogP contribution in [0, 0.1) is 5.92 Å². The average molecular weight is 329 g/mol. The van der Waals surface area contributed by atoms with Crippen LogP contribution in [-0.4, -0.2) is 24.6 Å². The molecular weight excluding hydrogens is 302 g/mol. The molecule has 0 heterocycles. The van der Waals surface area contributed by atoms with Crippen molar-refractivity contribution in [1.29, 1.82) is 0 Å². The van der Waals surface area contributed by atoms with E-state index in [1.54, 1.807) is 6.21 Å². The second-order valence-electron chi connectivity index (χ2n) is 6.67. The standard InChI is InChI=1S/C19H27N3O2/c1-14(2)16-10-8-15(9-11-16)12-21-22-18(23)13-20-19(24)17-6-4-3-5-7-17/h8-12,14,17H,3-7,13H2,1-2H3,(H,20,24)(H,22,23)/b21-12+. The largest absolute Gasteiger partial charge is 0.347 e. The molecule has 1 fully saturated rings. The SMILES string of the molecule is CC(C)c1ccc(/C=N/NC(=O)CNC(=O)C2CCCCC2)cc1. The summed E-state index contributed by atoms with van der Waals surface area (Å²) >= 11 is 0. The lowest BCUT2D eigenvalue weighted by Crippen LogP contribution is -2.38. The summed E-state index contributed by atoms with van der Waals surface area (Å²) in [6.45, 7) is 4.26. The lowest BCUT2D eigenvalue weighted by molar-refractivity contribution is -0.129. The van der Waals surface area contributed by atoms with Gasteiger partial charge in [0.2, 0.25) is 5.91 Å². The number of rotatable bonds is 6. The molecule has 0 bridgehead atoms. The van der Waals surface area contributed by atoms with E-state index in [1.165, 1.54) is 12.0 Å². The molecule has 5 heteroatoms. The average Bonchev–Trinajstić information content (AvgIpc) is 2.61. The normalized spacial score (nSPS) is 15.6. The molecule has 0 atom stereocenters. The number of carbonyl (C=O) groups excluding carboxylic acids is 2. The van der Waals surface area contributed by atoms with E-state index in [0.717, 1.165) is 31.2 Å². The van der Waals surface area contributed by atoms with Crippen molar-refractivity contribution in [3.8, 4) is 0 Å². The highest BCUT2D eigenvalue weighted by molar-refractivity contribution is 5.87. The van der Waals surface area contributed by atoms with Gasteiger partial charge >= 0.3 is 0 Å². The molecule has 1 aromatic rings. The molecule has 0 unspecified atom stereocenters. The summed E-state index contributed by atoms with van der Waals surface area (Å²) < 4.78 is 0. The molecule has 0 radical (unpaired) electrons. The van der Waals surface area contributed by atoms with Crippen LogP contribution in [-0.2, 0) is 9.59 Å². The number of amides is 2. The lowest BCUT2D eigenvalue weighted by atomic mass is 9.89. The van der Waals surface area contributed by atoms with Crippen molar-refractivity contribution in [2.75, 3.05) is 6.54 Å². The maximum atomic E-state index is 12.0. The number of hydrogen-bond acceptors (Lipinski definition) is 3. The fourth-order valence-corrected chi connectivity index (χ4v) is 2.86. The Labute approximate surface area is 143 Å². The Kier molecular flexibility index (Phi) is 6.97. The van der Waals surface area contributed by atoms with Gasteiger partial charge in [-0.15, -0.1) is 0 Å². The zero-order valence-electron chi connectivity index (χ0n) is 14.5. The first-order chi connectivity index (χ1) is 11.6. The van der Waals surface area contributed by atoms with Gasteiger partial charge in [0.25, 0.3) is 5.91 Å². The van der Waals surface area contributed by atoms with Crippen LogP contribution in [0.25, 0.3) is 0 Å². The molecule has 0 aliphatic heterocycles. The zero-order valence-corrected chi connectivity index (χ0v) is 14.5. The van der Waals surface area contributed by atoms with Gasteiger partial charge < -0.3 is 5.32 Å². The van der Waals surface area contributed by atoms with Crippen LogP contribution in [0.2, 0.25) is 0 Å². The summed E-state index contributed by atoms with van der Waals surface area (Å²) in [7, 11) is 0. The number of carbonyl (C=O) groups is 2. The van der Waals surface area contributed by atoms with Gasteiger partial charge in [-0.1, -0.05) is 57.4 Å². The van der Waals surface area contributed by atoms with Crippen LogP contribution in [0.4, 0.5) is 0 Å². The Bertz CT molecular complexity index is 573. The molecule has 5 nitrogen and oxygen atoms in total.